The SMILES string of the molecule is Cc1nc2n(n1)CCC[C@@H]2NC(=O)N[C@H]1CCC[C@@H](C2CC2)C1. The summed E-state index contributed by atoms with van der Waals surface area (Å²) < 4.78 is 1.94. The van der Waals surface area contributed by atoms with Crippen molar-refractivity contribution in [1.82, 2.24) is 25.4 Å². The number of hydrogen-bond donors (Lipinski definition) is 2. The Kier molecular flexibility index (Phi) is 3.99. The normalized spacial score (nSPS) is 30.6. The van der Waals surface area contributed by atoms with E-state index in [-0.39, 0.29) is 12.1 Å². The van der Waals surface area contributed by atoms with Crippen LogP contribution >= 0.6 is 0 Å². The Morgan fingerprint density at radius 3 is 2.78 bits per heavy atom. The molecule has 0 spiro atoms. The number of carbonyl (C=O) groups excluding carboxylic acids is 1. The Hall–Kier alpha value is -1.59. The van der Waals surface area contributed by atoms with Crippen molar-refractivity contribution in [2.24, 2.45) is 11.8 Å². The summed E-state index contributed by atoms with van der Waals surface area (Å²) in [6, 6.07) is 0.302. The van der Waals surface area contributed by atoms with Gasteiger partial charge in [-0.05, 0) is 57.3 Å². The zero-order valence-electron chi connectivity index (χ0n) is 13.9. The van der Waals surface area contributed by atoms with Crippen molar-refractivity contribution in [2.45, 2.75) is 76.9 Å². The number of rotatable bonds is 3. The van der Waals surface area contributed by atoms with E-state index >= 15 is 0 Å². The predicted octanol–water partition coefficient (Wildman–Crippen LogP) is 2.69. The minimum atomic E-state index is -0.0365. The van der Waals surface area contributed by atoms with Crippen LogP contribution < -0.4 is 10.6 Å². The minimum absolute atomic E-state index is 0.00669. The number of hydrogen-bond acceptors (Lipinski definition) is 3. The van der Waals surface area contributed by atoms with Crippen molar-refractivity contribution in [3.8, 4) is 0 Å². The third-order valence-electron chi connectivity index (χ3n) is 5.62. The minimum Gasteiger partial charge on any atom is -0.335 e. The maximum atomic E-state index is 12.4. The van der Waals surface area contributed by atoms with Crippen molar-refractivity contribution in [3.05, 3.63) is 11.6 Å². The Balaban J connectivity index is 1.33. The lowest BCUT2D eigenvalue weighted by molar-refractivity contribution is 0.214. The van der Waals surface area contributed by atoms with Gasteiger partial charge in [0.05, 0.1) is 6.04 Å². The molecule has 0 saturated heterocycles. The highest BCUT2D eigenvalue weighted by Gasteiger charge is 2.35. The first-order chi connectivity index (χ1) is 11.2. The molecule has 2 N–H and O–H groups in total. The molecule has 6 heteroatoms. The van der Waals surface area contributed by atoms with Gasteiger partial charge in [-0.2, -0.15) is 5.10 Å². The monoisotopic (exact) mass is 317 g/mol. The Labute approximate surface area is 137 Å². The smallest absolute Gasteiger partial charge is 0.315 e. The van der Waals surface area contributed by atoms with Crippen LogP contribution in [0.5, 0.6) is 0 Å². The van der Waals surface area contributed by atoms with Gasteiger partial charge in [0.15, 0.2) is 0 Å². The predicted molar refractivity (Wildman–Crippen MR) is 86.9 cm³/mol. The molecule has 6 nitrogen and oxygen atoms in total. The average Bonchev–Trinajstić information content (AvgIpc) is 3.29. The molecule has 0 aromatic carbocycles. The summed E-state index contributed by atoms with van der Waals surface area (Å²) in [5, 5.41) is 10.7. The van der Waals surface area contributed by atoms with Crippen LogP contribution in [0.3, 0.4) is 0 Å². The van der Waals surface area contributed by atoms with Gasteiger partial charge in [0.25, 0.3) is 0 Å². The maximum Gasteiger partial charge on any atom is 0.315 e. The second-order valence-corrected chi connectivity index (χ2v) is 7.51. The van der Waals surface area contributed by atoms with Crippen LogP contribution in [-0.2, 0) is 6.54 Å². The fraction of sp³-hybridized carbons (Fsp3) is 0.824. The van der Waals surface area contributed by atoms with Crippen LogP contribution in [0.2, 0.25) is 0 Å². The molecule has 3 atom stereocenters. The molecule has 0 bridgehead atoms. The molecular weight excluding hydrogens is 290 g/mol. The molecule has 23 heavy (non-hydrogen) atoms. The van der Waals surface area contributed by atoms with Crippen LogP contribution in [0.15, 0.2) is 0 Å². The summed E-state index contributed by atoms with van der Waals surface area (Å²) in [5.74, 6) is 3.48. The van der Waals surface area contributed by atoms with Gasteiger partial charge >= 0.3 is 6.03 Å². The van der Waals surface area contributed by atoms with Crippen LogP contribution in [0.4, 0.5) is 4.79 Å². The molecule has 1 aromatic rings. The highest BCUT2D eigenvalue weighted by Crippen LogP contribution is 2.43. The van der Waals surface area contributed by atoms with Gasteiger partial charge in [-0.15, -0.1) is 0 Å². The number of fused-ring (bicyclic) bond motifs is 1. The van der Waals surface area contributed by atoms with Crippen molar-refractivity contribution >= 4 is 6.03 Å². The van der Waals surface area contributed by atoms with Gasteiger partial charge < -0.3 is 10.6 Å². The molecule has 0 radical (unpaired) electrons. The number of aromatic nitrogens is 3. The standard InChI is InChI=1S/C17H27N5O/c1-11-18-16-15(6-3-9-22(16)21-11)20-17(23)19-14-5-2-4-13(10-14)12-7-8-12/h12-15H,2-10H2,1H3,(H2,19,20,23)/t13-,14+,15+/m1/s1. The highest BCUT2D eigenvalue weighted by atomic mass is 16.2. The third-order valence-corrected chi connectivity index (χ3v) is 5.62. The van der Waals surface area contributed by atoms with E-state index in [1.54, 1.807) is 0 Å². The molecule has 2 amide bonds. The maximum absolute atomic E-state index is 12.4. The fourth-order valence-corrected chi connectivity index (χ4v) is 4.34. The summed E-state index contributed by atoms with van der Waals surface area (Å²) in [5.41, 5.74) is 0. The molecule has 2 fully saturated rings. The van der Waals surface area contributed by atoms with E-state index in [9.17, 15) is 4.79 Å². The molecule has 1 aromatic heterocycles. The largest absolute Gasteiger partial charge is 0.335 e. The van der Waals surface area contributed by atoms with Gasteiger partial charge in [0.1, 0.15) is 11.6 Å². The topological polar surface area (TPSA) is 71.8 Å². The lowest BCUT2D eigenvalue weighted by atomic mass is 9.83. The van der Waals surface area contributed by atoms with E-state index in [4.69, 9.17) is 0 Å². The first-order valence-corrected chi connectivity index (χ1v) is 9.17. The van der Waals surface area contributed by atoms with Crippen molar-refractivity contribution < 1.29 is 4.79 Å². The molecule has 1 aliphatic heterocycles. The molecule has 2 saturated carbocycles. The Bertz CT molecular complexity index is 580. The number of carbonyl (C=O) groups is 1. The Morgan fingerprint density at radius 2 is 1.96 bits per heavy atom. The molecule has 3 aliphatic rings. The molecule has 2 heterocycles. The molecule has 4 rings (SSSR count). The van der Waals surface area contributed by atoms with Gasteiger partial charge in [0, 0.05) is 12.6 Å². The first-order valence-electron chi connectivity index (χ1n) is 9.17. The molecule has 2 aliphatic carbocycles. The summed E-state index contributed by atoms with van der Waals surface area (Å²) in [6.45, 7) is 2.81. The van der Waals surface area contributed by atoms with Crippen molar-refractivity contribution in [2.75, 3.05) is 0 Å². The van der Waals surface area contributed by atoms with Crippen LogP contribution in [0, 0.1) is 18.8 Å². The Morgan fingerprint density at radius 1 is 1.09 bits per heavy atom. The summed E-state index contributed by atoms with van der Waals surface area (Å²) in [7, 11) is 0. The second-order valence-electron chi connectivity index (χ2n) is 7.51. The zero-order valence-corrected chi connectivity index (χ0v) is 13.9. The fourth-order valence-electron chi connectivity index (χ4n) is 4.34. The van der Waals surface area contributed by atoms with E-state index in [1.807, 2.05) is 11.6 Å². The number of amides is 2. The highest BCUT2D eigenvalue weighted by molar-refractivity contribution is 5.74. The number of urea groups is 1. The molecule has 126 valence electrons. The quantitative estimate of drug-likeness (QED) is 0.900. The van der Waals surface area contributed by atoms with E-state index in [0.29, 0.717) is 6.04 Å². The van der Waals surface area contributed by atoms with E-state index < -0.39 is 0 Å². The van der Waals surface area contributed by atoms with Gasteiger partial charge in [0.2, 0.25) is 0 Å². The first kappa shape index (κ1) is 15.0. The summed E-state index contributed by atoms with van der Waals surface area (Å²) >= 11 is 0. The van der Waals surface area contributed by atoms with Gasteiger partial charge in [-0.1, -0.05) is 12.8 Å². The van der Waals surface area contributed by atoms with Crippen LogP contribution in [0.25, 0.3) is 0 Å². The van der Waals surface area contributed by atoms with E-state index in [1.165, 1.54) is 25.7 Å². The van der Waals surface area contributed by atoms with E-state index in [2.05, 4.69) is 20.7 Å². The third kappa shape index (κ3) is 3.35. The van der Waals surface area contributed by atoms with Crippen LogP contribution in [0.1, 0.15) is 69.1 Å². The number of aryl methyl sites for hydroxylation is 2. The van der Waals surface area contributed by atoms with E-state index in [0.717, 1.165) is 55.7 Å². The number of nitrogens with zero attached hydrogens (tertiary/aromatic N) is 3. The lowest BCUT2D eigenvalue weighted by Gasteiger charge is -2.31. The summed E-state index contributed by atoms with van der Waals surface area (Å²) in [4.78, 5) is 16.9. The molecular formula is C17H27N5O. The zero-order chi connectivity index (χ0) is 15.8. The van der Waals surface area contributed by atoms with Crippen molar-refractivity contribution in [3.63, 3.8) is 0 Å². The summed E-state index contributed by atoms with van der Waals surface area (Å²) in [6.07, 6.45) is 9.68. The molecule has 0 unspecified atom stereocenters. The van der Waals surface area contributed by atoms with Crippen molar-refractivity contribution in [1.29, 1.82) is 0 Å². The lowest BCUT2D eigenvalue weighted by Crippen LogP contribution is -2.46. The number of nitrogens with one attached hydrogen (secondary N) is 2. The van der Waals surface area contributed by atoms with Gasteiger partial charge in [-0.3, -0.25) is 0 Å². The average molecular weight is 317 g/mol. The van der Waals surface area contributed by atoms with Crippen LogP contribution in [-0.4, -0.2) is 26.8 Å². The van der Waals surface area contributed by atoms with Gasteiger partial charge in [-0.25, -0.2) is 14.5 Å². The second kappa shape index (κ2) is 6.13.